The van der Waals surface area contributed by atoms with E-state index in [0.29, 0.717) is 53.4 Å². The molecule has 1 amide bonds. The summed E-state index contributed by atoms with van der Waals surface area (Å²) in [7, 11) is 0. The lowest BCUT2D eigenvalue weighted by Gasteiger charge is -2.44. The highest BCUT2D eigenvalue weighted by Crippen LogP contribution is 2.57. The molecule has 2 aliphatic heterocycles. The number of nitrogens with two attached hydrogens (primary N) is 1. The number of halogens is 1. The van der Waals surface area contributed by atoms with E-state index < -0.39 is 5.41 Å². The Morgan fingerprint density at radius 2 is 1.85 bits per heavy atom. The first kappa shape index (κ1) is 22.2. The number of anilines is 2. The van der Waals surface area contributed by atoms with Crippen molar-refractivity contribution in [1.82, 2.24) is 0 Å². The Bertz CT molecular complexity index is 1350. The van der Waals surface area contributed by atoms with Gasteiger partial charge in [0.1, 0.15) is 17.3 Å². The monoisotopic (exact) mass is 472 g/mol. The highest BCUT2D eigenvalue weighted by Gasteiger charge is 2.62. The van der Waals surface area contributed by atoms with Crippen LogP contribution in [0.5, 0.6) is 0 Å². The number of benzene rings is 2. The maximum Gasteiger partial charge on any atom is 0.247 e. The fraction of sp³-hybridized carbons (Fsp3) is 0.296. The molecule has 0 bridgehead atoms. The van der Waals surface area contributed by atoms with E-state index in [4.69, 9.17) is 17.3 Å². The summed E-state index contributed by atoms with van der Waals surface area (Å²) in [5.41, 5.74) is 9.25. The van der Waals surface area contributed by atoms with Crippen LogP contribution >= 0.6 is 11.6 Å². The summed E-state index contributed by atoms with van der Waals surface area (Å²) in [6.07, 6.45) is 2.28. The second-order valence-electron chi connectivity index (χ2n) is 8.91. The predicted molar refractivity (Wildman–Crippen MR) is 132 cm³/mol. The first-order valence-corrected chi connectivity index (χ1v) is 11.9. The molecule has 0 saturated heterocycles. The number of hydrogen-bond acceptors (Lipinski definition) is 5. The van der Waals surface area contributed by atoms with Crippen LogP contribution in [0.2, 0.25) is 5.02 Å². The van der Waals surface area contributed by atoms with Crippen molar-refractivity contribution >= 4 is 34.7 Å². The molecule has 0 fully saturated rings. The van der Waals surface area contributed by atoms with Crippen molar-refractivity contribution in [3.05, 3.63) is 81.3 Å². The summed E-state index contributed by atoms with van der Waals surface area (Å²) in [5.74, 6) is -0.226. The fourth-order valence-corrected chi connectivity index (χ4v) is 5.86. The number of amides is 1. The number of Topliss-reactive ketones (excluding diaryl/α,β-unsaturated/α-hetero) is 1. The van der Waals surface area contributed by atoms with Crippen LogP contribution in [0, 0.1) is 18.3 Å². The van der Waals surface area contributed by atoms with E-state index in [9.17, 15) is 14.9 Å². The van der Waals surface area contributed by atoms with Gasteiger partial charge in [-0.15, -0.1) is 0 Å². The van der Waals surface area contributed by atoms with Crippen molar-refractivity contribution in [3.8, 4) is 6.07 Å². The van der Waals surface area contributed by atoms with Gasteiger partial charge < -0.3 is 10.6 Å². The molecule has 0 aromatic heterocycles. The number of hydrogen-bond donors (Lipinski definition) is 1. The number of allylic oxidation sites excluding steroid dienone is 1. The Morgan fingerprint density at radius 1 is 1.12 bits per heavy atom. The molecule has 2 aromatic rings. The van der Waals surface area contributed by atoms with Gasteiger partial charge in [0.2, 0.25) is 5.91 Å². The highest BCUT2D eigenvalue weighted by molar-refractivity contribution is 6.31. The van der Waals surface area contributed by atoms with Gasteiger partial charge in [-0.2, -0.15) is 5.26 Å². The molecule has 6 nitrogen and oxygen atoms in total. The number of para-hydroxylation sites is 1. The van der Waals surface area contributed by atoms with E-state index in [2.05, 4.69) is 6.07 Å². The highest BCUT2D eigenvalue weighted by atomic mass is 35.5. The molecule has 34 heavy (non-hydrogen) atoms. The molecule has 7 heteroatoms. The van der Waals surface area contributed by atoms with Gasteiger partial charge in [0.25, 0.3) is 0 Å². The Balaban J connectivity index is 1.90. The van der Waals surface area contributed by atoms with Gasteiger partial charge in [0, 0.05) is 40.5 Å². The van der Waals surface area contributed by atoms with E-state index in [1.54, 1.807) is 15.9 Å². The number of rotatable bonds is 3. The minimum atomic E-state index is -1.53. The summed E-state index contributed by atoms with van der Waals surface area (Å²) < 4.78 is 0. The molecule has 0 saturated carbocycles. The number of nitrogens with zero attached hydrogens (tertiary/aromatic N) is 3. The third kappa shape index (κ3) is 2.74. The number of carbonyl (C=O) groups is 2. The van der Waals surface area contributed by atoms with Crippen LogP contribution in [0.1, 0.15) is 43.7 Å². The molecule has 1 atom stereocenters. The van der Waals surface area contributed by atoms with Crippen LogP contribution in [0.4, 0.5) is 11.4 Å². The van der Waals surface area contributed by atoms with Crippen molar-refractivity contribution in [2.24, 2.45) is 5.73 Å². The van der Waals surface area contributed by atoms with E-state index in [1.807, 2.05) is 50.2 Å². The van der Waals surface area contributed by atoms with Crippen molar-refractivity contribution < 1.29 is 9.59 Å². The Kier molecular flexibility index (Phi) is 5.26. The van der Waals surface area contributed by atoms with Gasteiger partial charge in [-0.05, 0) is 49.9 Å². The first-order chi connectivity index (χ1) is 16.4. The average molecular weight is 473 g/mol. The maximum absolute atomic E-state index is 14.3. The molecule has 3 aliphatic rings. The molecule has 2 aromatic carbocycles. The molecule has 1 unspecified atom stereocenters. The zero-order valence-corrected chi connectivity index (χ0v) is 19.9. The minimum absolute atomic E-state index is 0.0944. The topological polar surface area (TPSA) is 90.4 Å². The smallest absolute Gasteiger partial charge is 0.247 e. The number of nitriles is 1. The Hall–Kier alpha value is -3.56. The summed E-state index contributed by atoms with van der Waals surface area (Å²) in [4.78, 5) is 31.4. The van der Waals surface area contributed by atoms with Crippen LogP contribution in [0.3, 0.4) is 0 Å². The molecule has 2 heterocycles. The molecular weight excluding hydrogens is 448 g/mol. The van der Waals surface area contributed by atoms with Crippen LogP contribution in [0.15, 0.2) is 65.1 Å². The van der Waals surface area contributed by atoms with Crippen molar-refractivity contribution in [2.45, 2.75) is 44.9 Å². The van der Waals surface area contributed by atoms with Crippen LogP contribution in [-0.4, -0.2) is 18.2 Å². The number of carbonyl (C=O) groups excluding carboxylic acids is 2. The SMILES string of the molecule is CCCN1C(=O)C2(C(C#N)=C(N)N(c3cccc(Cl)c3C)C3=C2C(=O)CCC3)c2ccccc21. The first-order valence-electron chi connectivity index (χ1n) is 11.5. The zero-order valence-electron chi connectivity index (χ0n) is 19.2. The summed E-state index contributed by atoms with van der Waals surface area (Å²) in [5, 5.41) is 11.0. The lowest BCUT2D eigenvalue weighted by molar-refractivity contribution is -0.124. The summed E-state index contributed by atoms with van der Waals surface area (Å²) in [6, 6.07) is 15.2. The molecule has 5 rings (SSSR count). The summed E-state index contributed by atoms with van der Waals surface area (Å²) in [6.45, 7) is 4.37. The zero-order chi connectivity index (χ0) is 24.2. The summed E-state index contributed by atoms with van der Waals surface area (Å²) >= 11 is 6.43. The maximum atomic E-state index is 14.3. The normalized spacial score (nSPS) is 21.8. The van der Waals surface area contributed by atoms with Gasteiger partial charge in [-0.25, -0.2) is 0 Å². The Labute approximate surface area is 203 Å². The molecular formula is C27H25ClN4O2. The van der Waals surface area contributed by atoms with E-state index >= 15 is 0 Å². The Morgan fingerprint density at radius 3 is 2.59 bits per heavy atom. The number of ketones is 1. The molecule has 1 aliphatic carbocycles. The molecule has 1 spiro atoms. The van der Waals surface area contributed by atoms with Gasteiger partial charge in [0.15, 0.2) is 5.78 Å². The lowest BCUT2D eigenvalue weighted by atomic mass is 9.63. The quantitative estimate of drug-likeness (QED) is 0.688. The molecule has 2 N–H and O–H groups in total. The van der Waals surface area contributed by atoms with Crippen LogP contribution in [0.25, 0.3) is 0 Å². The van der Waals surface area contributed by atoms with E-state index in [-0.39, 0.29) is 23.1 Å². The number of fused-ring (bicyclic) bond motifs is 3. The van der Waals surface area contributed by atoms with Crippen LogP contribution in [-0.2, 0) is 15.0 Å². The molecule has 0 radical (unpaired) electrons. The third-order valence-electron chi connectivity index (χ3n) is 7.11. The van der Waals surface area contributed by atoms with Gasteiger partial charge in [-0.1, -0.05) is 42.8 Å². The van der Waals surface area contributed by atoms with E-state index in [1.165, 1.54) is 0 Å². The van der Waals surface area contributed by atoms with Crippen molar-refractivity contribution in [3.63, 3.8) is 0 Å². The van der Waals surface area contributed by atoms with E-state index in [0.717, 1.165) is 17.7 Å². The van der Waals surface area contributed by atoms with Gasteiger partial charge in [-0.3, -0.25) is 14.5 Å². The minimum Gasteiger partial charge on any atom is -0.384 e. The standard InChI is InChI=1S/C27H25ClN4O2/c1-3-14-31-21-10-5-4-8-17(21)27(26(31)34)18(15-29)25(30)32(20-11-6-9-19(28)16(20)2)22-12-7-13-23(33)24(22)27/h4-6,8-11H,3,7,12-14,30H2,1-2H3. The lowest BCUT2D eigenvalue weighted by Crippen LogP contribution is -2.52. The fourth-order valence-electron chi connectivity index (χ4n) is 5.69. The van der Waals surface area contributed by atoms with Crippen molar-refractivity contribution in [1.29, 1.82) is 5.26 Å². The molecule has 172 valence electrons. The van der Waals surface area contributed by atoms with Gasteiger partial charge in [0.05, 0.1) is 11.3 Å². The third-order valence-corrected chi connectivity index (χ3v) is 7.52. The van der Waals surface area contributed by atoms with Crippen molar-refractivity contribution in [2.75, 3.05) is 16.3 Å². The average Bonchev–Trinajstić information content (AvgIpc) is 3.06. The van der Waals surface area contributed by atoms with Crippen LogP contribution < -0.4 is 15.5 Å². The second-order valence-corrected chi connectivity index (χ2v) is 9.32. The van der Waals surface area contributed by atoms with Gasteiger partial charge >= 0.3 is 0 Å². The second kappa shape index (κ2) is 8.03. The predicted octanol–water partition coefficient (Wildman–Crippen LogP) is 4.86. The largest absolute Gasteiger partial charge is 0.384 e.